The lowest BCUT2D eigenvalue weighted by molar-refractivity contribution is 0.0844. The van der Waals surface area contributed by atoms with Gasteiger partial charge in [-0.05, 0) is 44.2 Å². The third-order valence-electron chi connectivity index (χ3n) is 4.46. The van der Waals surface area contributed by atoms with E-state index < -0.39 is 11.8 Å². The molecule has 2 amide bonds. The Morgan fingerprint density at radius 1 is 0.714 bits per heavy atom. The van der Waals surface area contributed by atoms with Gasteiger partial charge in [0.05, 0.1) is 27.9 Å². The molecule has 0 aliphatic rings. The summed E-state index contributed by atoms with van der Waals surface area (Å²) in [6, 6.07) is 15.9. The Hall–Kier alpha value is -3.87. The minimum Gasteiger partial charge on any atom is -0.267 e. The van der Waals surface area contributed by atoms with Gasteiger partial charge >= 0.3 is 0 Å². The van der Waals surface area contributed by atoms with Crippen molar-refractivity contribution in [3.05, 3.63) is 77.2 Å². The van der Waals surface area contributed by atoms with Gasteiger partial charge in [-0.1, -0.05) is 24.3 Å². The number of benzene rings is 2. The number of fused-ring (bicyclic) bond motifs is 2. The lowest BCUT2D eigenvalue weighted by atomic mass is 10.1. The van der Waals surface area contributed by atoms with Gasteiger partial charge in [-0.2, -0.15) is 0 Å². The van der Waals surface area contributed by atoms with Crippen molar-refractivity contribution in [3.63, 3.8) is 0 Å². The zero-order valence-corrected chi connectivity index (χ0v) is 15.4. The van der Waals surface area contributed by atoms with Crippen molar-refractivity contribution in [1.82, 2.24) is 25.8 Å². The molecule has 0 saturated carbocycles. The summed E-state index contributed by atoms with van der Waals surface area (Å²) in [6.07, 6.45) is 0. The summed E-state index contributed by atoms with van der Waals surface area (Å²) < 4.78 is 0. The van der Waals surface area contributed by atoms with E-state index in [1.807, 2.05) is 44.2 Å². The van der Waals surface area contributed by atoms with Crippen LogP contribution in [-0.4, -0.2) is 26.8 Å². The van der Waals surface area contributed by atoms with Gasteiger partial charge in [0.25, 0.3) is 11.8 Å². The lowest BCUT2D eigenvalue weighted by Crippen LogP contribution is -2.41. The normalized spacial score (nSPS) is 10.8. The maximum absolute atomic E-state index is 12.4. The zero-order valence-electron chi connectivity index (χ0n) is 15.4. The molecule has 7 heteroatoms. The van der Waals surface area contributed by atoms with E-state index in [4.69, 9.17) is 0 Å². The van der Waals surface area contributed by atoms with Crippen molar-refractivity contribution in [3.8, 4) is 0 Å². The van der Waals surface area contributed by atoms with E-state index in [0.717, 1.165) is 16.8 Å². The van der Waals surface area contributed by atoms with Crippen molar-refractivity contribution in [2.24, 2.45) is 0 Å². The van der Waals surface area contributed by atoms with E-state index in [-0.39, 0.29) is 5.69 Å². The SMILES string of the molecule is Cc1nc2ccc(C(=O)NNC(=O)c3ccc4ccccc4n3)cc2nc1C. The summed E-state index contributed by atoms with van der Waals surface area (Å²) in [5.74, 6) is -0.942. The number of amides is 2. The Kier molecular flexibility index (Phi) is 4.41. The molecule has 2 aromatic heterocycles. The minimum absolute atomic E-state index is 0.217. The number of hydrazine groups is 1. The summed E-state index contributed by atoms with van der Waals surface area (Å²) in [6.45, 7) is 3.75. The third kappa shape index (κ3) is 3.37. The quantitative estimate of drug-likeness (QED) is 0.528. The smallest absolute Gasteiger partial charge is 0.267 e. The van der Waals surface area contributed by atoms with Crippen LogP contribution in [-0.2, 0) is 0 Å². The largest absolute Gasteiger partial charge is 0.288 e. The van der Waals surface area contributed by atoms with Crippen LogP contribution in [0.3, 0.4) is 0 Å². The van der Waals surface area contributed by atoms with Gasteiger partial charge in [-0.3, -0.25) is 20.4 Å². The van der Waals surface area contributed by atoms with Gasteiger partial charge in [-0.25, -0.2) is 15.0 Å². The highest BCUT2D eigenvalue weighted by Crippen LogP contribution is 2.15. The molecule has 0 unspecified atom stereocenters. The second-order valence-electron chi connectivity index (χ2n) is 6.40. The number of hydrogen-bond acceptors (Lipinski definition) is 5. The second-order valence-corrected chi connectivity index (χ2v) is 6.40. The lowest BCUT2D eigenvalue weighted by Gasteiger charge is -2.08. The van der Waals surface area contributed by atoms with Crippen molar-refractivity contribution < 1.29 is 9.59 Å². The molecule has 0 atom stereocenters. The number of nitrogens with zero attached hydrogens (tertiary/aromatic N) is 3. The number of carbonyl (C=O) groups is 2. The third-order valence-corrected chi connectivity index (χ3v) is 4.46. The highest BCUT2D eigenvalue weighted by Gasteiger charge is 2.12. The number of nitrogens with one attached hydrogen (secondary N) is 2. The average molecular weight is 371 g/mol. The molecule has 138 valence electrons. The highest BCUT2D eigenvalue weighted by molar-refractivity contribution is 6.00. The topological polar surface area (TPSA) is 96.9 Å². The molecule has 4 rings (SSSR count). The Labute approximate surface area is 160 Å². The second kappa shape index (κ2) is 7.03. The van der Waals surface area contributed by atoms with Crippen LogP contribution in [0.1, 0.15) is 32.2 Å². The molecule has 2 N–H and O–H groups in total. The van der Waals surface area contributed by atoms with E-state index in [0.29, 0.717) is 22.1 Å². The first-order valence-corrected chi connectivity index (χ1v) is 8.73. The monoisotopic (exact) mass is 371 g/mol. The summed E-state index contributed by atoms with van der Waals surface area (Å²) in [7, 11) is 0. The number of rotatable bonds is 2. The van der Waals surface area contributed by atoms with E-state index in [1.54, 1.807) is 24.3 Å². The molecule has 0 aliphatic carbocycles. The maximum Gasteiger partial charge on any atom is 0.288 e. The molecule has 4 aromatic rings. The van der Waals surface area contributed by atoms with Crippen LogP contribution in [0, 0.1) is 13.8 Å². The average Bonchev–Trinajstić information content (AvgIpc) is 2.72. The summed E-state index contributed by atoms with van der Waals surface area (Å²) in [5.41, 5.74) is 9.09. The van der Waals surface area contributed by atoms with Gasteiger partial charge in [-0.15, -0.1) is 0 Å². The predicted molar refractivity (Wildman–Crippen MR) is 106 cm³/mol. The molecule has 0 spiro atoms. The fourth-order valence-corrected chi connectivity index (χ4v) is 2.81. The van der Waals surface area contributed by atoms with Gasteiger partial charge in [0.2, 0.25) is 0 Å². The number of carbonyl (C=O) groups excluding carboxylic acids is 2. The molecule has 0 bridgehead atoms. The Morgan fingerprint density at radius 3 is 2.25 bits per heavy atom. The number of aromatic nitrogens is 3. The highest BCUT2D eigenvalue weighted by atomic mass is 16.2. The summed E-state index contributed by atoms with van der Waals surface area (Å²) in [4.78, 5) is 37.9. The van der Waals surface area contributed by atoms with Gasteiger partial charge in [0, 0.05) is 10.9 Å². The van der Waals surface area contributed by atoms with Crippen LogP contribution in [0.5, 0.6) is 0 Å². The van der Waals surface area contributed by atoms with Crippen LogP contribution in [0.15, 0.2) is 54.6 Å². The molecule has 0 radical (unpaired) electrons. The van der Waals surface area contributed by atoms with Crippen LogP contribution in [0.2, 0.25) is 0 Å². The fourth-order valence-electron chi connectivity index (χ4n) is 2.81. The van der Waals surface area contributed by atoms with Gasteiger partial charge in [0.1, 0.15) is 5.69 Å². The Bertz CT molecular complexity index is 1240. The fraction of sp³-hybridized carbons (Fsp3) is 0.0952. The minimum atomic E-state index is -0.494. The standard InChI is InChI=1S/C21H17N5O2/c1-12-13(2)23-19-11-15(8-9-17(19)22-12)20(27)25-26-21(28)18-10-7-14-5-3-4-6-16(14)24-18/h3-11H,1-2H3,(H,25,27)(H,26,28). The van der Waals surface area contributed by atoms with E-state index in [9.17, 15) is 9.59 Å². The molecule has 7 nitrogen and oxygen atoms in total. The molecule has 2 aromatic carbocycles. The van der Waals surface area contributed by atoms with Crippen LogP contribution >= 0.6 is 0 Å². The first kappa shape index (κ1) is 17.5. The van der Waals surface area contributed by atoms with E-state index in [1.165, 1.54) is 0 Å². The van der Waals surface area contributed by atoms with Crippen molar-refractivity contribution >= 4 is 33.8 Å². The first-order chi connectivity index (χ1) is 13.5. The Balaban J connectivity index is 1.49. The number of hydrogen-bond donors (Lipinski definition) is 2. The molecule has 2 heterocycles. The summed E-state index contributed by atoms with van der Waals surface area (Å²) in [5, 5.41) is 0.936. The number of aryl methyl sites for hydroxylation is 2. The number of para-hydroxylation sites is 1. The van der Waals surface area contributed by atoms with E-state index >= 15 is 0 Å². The van der Waals surface area contributed by atoms with Crippen LogP contribution in [0.4, 0.5) is 0 Å². The summed E-state index contributed by atoms with van der Waals surface area (Å²) >= 11 is 0. The van der Waals surface area contributed by atoms with Crippen molar-refractivity contribution in [2.45, 2.75) is 13.8 Å². The predicted octanol–water partition coefficient (Wildman–Crippen LogP) is 2.87. The van der Waals surface area contributed by atoms with Crippen LogP contribution < -0.4 is 10.9 Å². The van der Waals surface area contributed by atoms with Gasteiger partial charge < -0.3 is 0 Å². The maximum atomic E-state index is 12.4. The van der Waals surface area contributed by atoms with Crippen LogP contribution in [0.25, 0.3) is 21.9 Å². The van der Waals surface area contributed by atoms with E-state index in [2.05, 4.69) is 25.8 Å². The molecule has 28 heavy (non-hydrogen) atoms. The number of pyridine rings is 1. The molecule has 0 aliphatic heterocycles. The molecular weight excluding hydrogens is 354 g/mol. The van der Waals surface area contributed by atoms with Crippen molar-refractivity contribution in [1.29, 1.82) is 0 Å². The molecule has 0 saturated heterocycles. The zero-order chi connectivity index (χ0) is 19.7. The first-order valence-electron chi connectivity index (χ1n) is 8.73. The van der Waals surface area contributed by atoms with Crippen molar-refractivity contribution in [2.75, 3.05) is 0 Å². The Morgan fingerprint density at radius 2 is 1.43 bits per heavy atom. The van der Waals surface area contributed by atoms with Gasteiger partial charge in [0.15, 0.2) is 0 Å². The molecular formula is C21H17N5O2. The molecule has 0 fully saturated rings.